The Balaban J connectivity index is 1.77. The zero-order chi connectivity index (χ0) is 15.6. The molecule has 0 radical (unpaired) electrons. The molecule has 0 atom stereocenters. The van der Waals surface area contributed by atoms with Gasteiger partial charge in [-0.05, 0) is 31.3 Å². The average molecular weight is 300 g/mol. The van der Waals surface area contributed by atoms with Crippen molar-refractivity contribution in [2.45, 2.75) is 0 Å². The number of hydrogen-bond acceptors (Lipinski definition) is 4. The molecule has 0 aromatic heterocycles. The van der Waals surface area contributed by atoms with E-state index in [4.69, 9.17) is 9.47 Å². The normalized spacial score (nSPS) is 10.0. The minimum Gasteiger partial charge on any atom is -0.490 e. The third-order valence-corrected chi connectivity index (χ3v) is 2.82. The maximum Gasteiger partial charge on any atom is 0.238 e. The van der Waals surface area contributed by atoms with E-state index in [0.29, 0.717) is 24.7 Å². The van der Waals surface area contributed by atoms with Gasteiger partial charge in [0.1, 0.15) is 24.7 Å². The van der Waals surface area contributed by atoms with E-state index in [2.05, 4.69) is 10.6 Å². The van der Waals surface area contributed by atoms with Gasteiger partial charge in [-0.25, -0.2) is 0 Å². The van der Waals surface area contributed by atoms with Crippen LogP contribution in [0.15, 0.2) is 54.6 Å². The first-order chi connectivity index (χ1) is 10.8. The summed E-state index contributed by atoms with van der Waals surface area (Å²) in [5, 5.41) is 5.59. The minimum absolute atomic E-state index is 0.0907. The number of anilines is 1. The molecule has 2 aromatic carbocycles. The number of carbonyl (C=O) groups is 1. The number of amides is 1. The van der Waals surface area contributed by atoms with Crippen LogP contribution >= 0.6 is 0 Å². The van der Waals surface area contributed by atoms with Crippen LogP contribution in [0, 0.1) is 0 Å². The first-order valence-corrected chi connectivity index (χ1v) is 7.13. The van der Waals surface area contributed by atoms with Crippen molar-refractivity contribution in [3.63, 3.8) is 0 Å². The summed E-state index contributed by atoms with van der Waals surface area (Å²) < 4.78 is 11.2. The van der Waals surface area contributed by atoms with Crippen LogP contribution in [-0.2, 0) is 4.79 Å². The van der Waals surface area contributed by atoms with Gasteiger partial charge in [-0.3, -0.25) is 4.79 Å². The highest BCUT2D eigenvalue weighted by molar-refractivity contribution is 5.92. The fraction of sp³-hybridized carbons (Fsp3) is 0.235. The highest BCUT2D eigenvalue weighted by atomic mass is 16.5. The fourth-order valence-electron chi connectivity index (χ4n) is 1.87. The molecule has 0 bridgehead atoms. The predicted octanol–water partition coefficient (Wildman–Crippen LogP) is 2.30. The van der Waals surface area contributed by atoms with Gasteiger partial charge in [0.15, 0.2) is 0 Å². The van der Waals surface area contributed by atoms with Crippen LogP contribution in [0.1, 0.15) is 0 Å². The number of nitrogens with one attached hydrogen (secondary N) is 2. The summed E-state index contributed by atoms with van der Waals surface area (Å²) in [4.78, 5) is 11.5. The molecule has 5 nitrogen and oxygen atoms in total. The first-order valence-electron chi connectivity index (χ1n) is 7.13. The van der Waals surface area contributed by atoms with Gasteiger partial charge >= 0.3 is 0 Å². The van der Waals surface area contributed by atoms with Crippen molar-refractivity contribution in [2.75, 3.05) is 32.1 Å². The quantitative estimate of drug-likeness (QED) is 0.735. The average Bonchev–Trinajstić information content (AvgIpc) is 2.53. The van der Waals surface area contributed by atoms with E-state index in [-0.39, 0.29) is 12.5 Å². The lowest BCUT2D eigenvalue weighted by atomic mass is 10.3. The first kappa shape index (κ1) is 15.9. The molecule has 0 saturated carbocycles. The maximum absolute atomic E-state index is 11.5. The minimum atomic E-state index is -0.0907. The van der Waals surface area contributed by atoms with E-state index in [0.717, 1.165) is 5.75 Å². The van der Waals surface area contributed by atoms with Crippen LogP contribution in [-0.4, -0.2) is 32.7 Å². The standard InChI is InChI=1S/C17H20N2O3/c1-18-13-17(20)19-14-6-5-9-16(12-14)22-11-10-21-15-7-3-2-4-8-15/h2-9,12,18H,10-11,13H2,1H3,(H,19,20). The van der Waals surface area contributed by atoms with Crippen LogP contribution in [0.25, 0.3) is 0 Å². The Morgan fingerprint density at radius 3 is 2.36 bits per heavy atom. The highest BCUT2D eigenvalue weighted by Gasteiger charge is 2.02. The highest BCUT2D eigenvalue weighted by Crippen LogP contribution is 2.17. The van der Waals surface area contributed by atoms with Gasteiger partial charge in [-0.1, -0.05) is 24.3 Å². The molecule has 1 amide bonds. The van der Waals surface area contributed by atoms with Gasteiger partial charge in [-0.15, -0.1) is 0 Å². The number of hydrogen-bond donors (Lipinski definition) is 2. The number of rotatable bonds is 8. The molecule has 0 fully saturated rings. The van der Waals surface area contributed by atoms with Crippen LogP contribution in [0.3, 0.4) is 0 Å². The molecule has 0 aliphatic rings. The van der Waals surface area contributed by atoms with Gasteiger partial charge in [0.25, 0.3) is 0 Å². The van der Waals surface area contributed by atoms with Gasteiger partial charge in [0.05, 0.1) is 6.54 Å². The van der Waals surface area contributed by atoms with E-state index in [1.54, 1.807) is 13.1 Å². The van der Waals surface area contributed by atoms with Crippen molar-refractivity contribution in [1.29, 1.82) is 0 Å². The molecular weight excluding hydrogens is 280 g/mol. The lowest BCUT2D eigenvalue weighted by Crippen LogP contribution is -2.25. The molecule has 0 aliphatic heterocycles. The van der Waals surface area contributed by atoms with Crippen LogP contribution < -0.4 is 20.1 Å². The number of carbonyl (C=O) groups excluding carboxylic acids is 1. The van der Waals surface area contributed by atoms with Crippen molar-refractivity contribution >= 4 is 11.6 Å². The number of ether oxygens (including phenoxy) is 2. The Kier molecular flexibility index (Phi) is 6.26. The van der Waals surface area contributed by atoms with E-state index in [9.17, 15) is 4.79 Å². The summed E-state index contributed by atoms with van der Waals surface area (Å²) >= 11 is 0. The van der Waals surface area contributed by atoms with E-state index in [1.807, 2.05) is 48.5 Å². The lowest BCUT2D eigenvalue weighted by Gasteiger charge is -2.10. The summed E-state index contributed by atoms with van der Waals surface area (Å²) in [5.74, 6) is 1.42. The Bertz CT molecular complexity index is 587. The maximum atomic E-state index is 11.5. The van der Waals surface area contributed by atoms with Gasteiger partial charge in [0, 0.05) is 11.8 Å². The van der Waals surface area contributed by atoms with Gasteiger partial charge < -0.3 is 20.1 Å². The summed E-state index contributed by atoms with van der Waals surface area (Å²) in [5.41, 5.74) is 0.710. The Morgan fingerprint density at radius 1 is 0.955 bits per heavy atom. The third kappa shape index (κ3) is 5.46. The molecule has 2 N–H and O–H groups in total. The summed E-state index contributed by atoms with van der Waals surface area (Å²) in [6.45, 7) is 1.17. The lowest BCUT2D eigenvalue weighted by molar-refractivity contribution is -0.115. The molecular formula is C17H20N2O3. The smallest absolute Gasteiger partial charge is 0.238 e. The van der Waals surface area contributed by atoms with Crippen molar-refractivity contribution in [3.05, 3.63) is 54.6 Å². The fourth-order valence-corrected chi connectivity index (χ4v) is 1.87. The topological polar surface area (TPSA) is 59.6 Å². The molecule has 2 aromatic rings. The van der Waals surface area contributed by atoms with Crippen molar-refractivity contribution in [2.24, 2.45) is 0 Å². The molecule has 0 heterocycles. The molecule has 5 heteroatoms. The van der Waals surface area contributed by atoms with Crippen LogP contribution in [0.5, 0.6) is 11.5 Å². The van der Waals surface area contributed by atoms with Crippen LogP contribution in [0.2, 0.25) is 0 Å². The van der Waals surface area contributed by atoms with Gasteiger partial charge in [0.2, 0.25) is 5.91 Å². The van der Waals surface area contributed by atoms with Crippen LogP contribution in [0.4, 0.5) is 5.69 Å². The second kappa shape index (κ2) is 8.69. The third-order valence-electron chi connectivity index (χ3n) is 2.82. The largest absolute Gasteiger partial charge is 0.490 e. The van der Waals surface area contributed by atoms with Crippen molar-refractivity contribution < 1.29 is 14.3 Å². The second-order valence-corrected chi connectivity index (χ2v) is 4.62. The SMILES string of the molecule is CNCC(=O)Nc1cccc(OCCOc2ccccc2)c1. The summed E-state index contributed by atoms with van der Waals surface area (Å²) in [7, 11) is 1.73. The molecule has 0 unspecified atom stereocenters. The molecule has 0 aliphatic carbocycles. The monoisotopic (exact) mass is 300 g/mol. The van der Waals surface area contributed by atoms with E-state index in [1.165, 1.54) is 0 Å². The molecule has 22 heavy (non-hydrogen) atoms. The van der Waals surface area contributed by atoms with Crippen molar-refractivity contribution in [3.8, 4) is 11.5 Å². The zero-order valence-electron chi connectivity index (χ0n) is 12.5. The molecule has 2 rings (SSSR count). The molecule has 116 valence electrons. The van der Waals surface area contributed by atoms with Crippen molar-refractivity contribution in [1.82, 2.24) is 5.32 Å². The summed E-state index contributed by atoms with van der Waals surface area (Å²) in [6.07, 6.45) is 0. The zero-order valence-corrected chi connectivity index (χ0v) is 12.5. The summed E-state index contributed by atoms with van der Waals surface area (Å²) in [6, 6.07) is 16.9. The number of benzene rings is 2. The Labute approximate surface area is 130 Å². The number of likely N-dealkylation sites (N-methyl/N-ethyl adjacent to an activating group) is 1. The Morgan fingerprint density at radius 2 is 1.64 bits per heavy atom. The molecule has 0 saturated heterocycles. The number of para-hydroxylation sites is 1. The van der Waals surface area contributed by atoms with Gasteiger partial charge in [-0.2, -0.15) is 0 Å². The van der Waals surface area contributed by atoms with E-state index >= 15 is 0 Å². The molecule has 0 spiro atoms. The predicted molar refractivity (Wildman–Crippen MR) is 86.4 cm³/mol. The Hall–Kier alpha value is -2.53. The second-order valence-electron chi connectivity index (χ2n) is 4.62. The van der Waals surface area contributed by atoms with E-state index < -0.39 is 0 Å².